The monoisotopic (exact) mass is 554 g/mol. The highest BCUT2D eigenvalue weighted by Crippen LogP contribution is 2.42. The van der Waals surface area contributed by atoms with Crippen molar-refractivity contribution in [3.63, 3.8) is 0 Å². The van der Waals surface area contributed by atoms with Crippen molar-refractivity contribution in [3.8, 4) is 0 Å². The van der Waals surface area contributed by atoms with Crippen LogP contribution in [0.2, 0.25) is 0 Å². The summed E-state index contributed by atoms with van der Waals surface area (Å²) in [5, 5.41) is 21.8. The summed E-state index contributed by atoms with van der Waals surface area (Å²) in [7, 11) is 0. The minimum atomic E-state index is -0.663. The fraction of sp³-hybridized carbons (Fsp3) is 0.543. The van der Waals surface area contributed by atoms with Crippen LogP contribution in [-0.2, 0) is 11.2 Å². The van der Waals surface area contributed by atoms with Gasteiger partial charge < -0.3 is 15.3 Å². The number of benzene rings is 2. The molecule has 0 bridgehead atoms. The number of carboxylic acids is 1. The Kier molecular flexibility index (Phi) is 9.17. The number of hydrogen-bond donors (Lipinski definition) is 3. The van der Waals surface area contributed by atoms with Crippen LogP contribution in [-0.4, -0.2) is 57.9 Å². The van der Waals surface area contributed by atoms with E-state index in [0.717, 1.165) is 64.6 Å². The van der Waals surface area contributed by atoms with Gasteiger partial charge in [-0.1, -0.05) is 79.9 Å². The van der Waals surface area contributed by atoms with Crippen LogP contribution in [0.4, 0.5) is 0 Å². The molecule has 1 aliphatic heterocycles. The number of H-pyrrole nitrogens is 1. The second kappa shape index (κ2) is 13.3. The molecule has 1 aromatic heterocycles. The van der Waals surface area contributed by atoms with Gasteiger partial charge in [0.15, 0.2) is 0 Å². The second-order valence-corrected chi connectivity index (χ2v) is 12.9. The van der Waals surface area contributed by atoms with Crippen LogP contribution in [0.25, 0.3) is 0 Å². The number of aliphatic carboxylic acids is 1. The molecule has 6 nitrogen and oxygen atoms in total. The molecule has 3 aromatic rings. The molecule has 2 saturated carbocycles. The van der Waals surface area contributed by atoms with E-state index in [2.05, 4.69) is 82.0 Å². The molecule has 3 aliphatic rings. The fourth-order valence-electron chi connectivity index (χ4n) is 7.94. The zero-order valence-electron chi connectivity index (χ0n) is 24.3. The molecular weight excluding hydrogens is 508 g/mol. The highest BCUT2D eigenvalue weighted by Gasteiger charge is 2.40. The van der Waals surface area contributed by atoms with Crippen molar-refractivity contribution in [2.24, 2.45) is 11.8 Å². The van der Waals surface area contributed by atoms with Gasteiger partial charge in [-0.3, -0.25) is 9.89 Å². The molecule has 4 unspecified atom stereocenters. The van der Waals surface area contributed by atoms with Gasteiger partial charge in [0, 0.05) is 30.6 Å². The Balaban J connectivity index is 1.06. The summed E-state index contributed by atoms with van der Waals surface area (Å²) in [6.07, 6.45) is 10.9. The quantitative estimate of drug-likeness (QED) is 0.272. The minimum absolute atomic E-state index is 0.262. The van der Waals surface area contributed by atoms with Crippen LogP contribution in [0.5, 0.6) is 0 Å². The Labute approximate surface area is 244 Å². The number of piperidine rings is 1. The summed E-state index contributed by atoms with van der Waals surface area (Å²) in [6, 6.07) is 23.6. The number of carboxylic acid groups (broad SMARTS) is 1. The van der Waals surface area contributed by atoms with E-state index in [1.54, 1.807) is 0 Å². The Morgan fingerprint density at radius 1 is 0.951 bits per heavy atom. The molecule has 6 rings (SSSR count). The molecule has 3 fully saturated rings. The Morgan fingerprint density at radius 3 is 2.37 bits per heavy atom. The lowest BCUT2D eigenvalue weighted by atomic mass is 9.83. The largest absolute Gasteiger partial charge is 0.480 e. The molecule has 6 heteroatoms. The molecule has 1 saturated heterocycles. The Bertz CT molecular complexity index is 1230. The maximum Gasteiger partial charge on any atom is 0.320 e. The Morgan fingerprint density at radius 2 is 1.66 bits per heavy atom. The molecule has 41 heavy (non-hydrogen) atoms. The third kappa shape index (κ3) is 7.10. The lowest BCUT2D eigenvalue weighted by Crippen LogP contribution is -2.48. The third-order valence-electron chi connectivity index (χ3n) is 10.1. The lowest BCUT2D eigenvalue weighted by Gasteiger charge is -2.34. The summed E-state index contributed by atoms with van der Waals surface area (Å²) in [5.74, 6) is 1.13. The van der Waals surface area contributed by atoms with E-state index in [-0.39, 0.29) is 12.0 Å². The molecular formula is C35H46N4O2. The molecule has 2 heterocycles. The van der Waals surface area contributed by atoms with Crippen LogP contribution in [0.1, 0.15) is 92.1 Å². The summed E-state index contributed by atoms with van der Waals surface area (Å²) in [4.78, 5) is 15.0. The van der Waals surface area contributed by atoms with Crippen LogP contribution in [0, 0.1) is 11.8 Å². The van der Waals surface area contributed by atoms with E-state index in [1.165, 1.54) is 41.8 Å². The lowest BCUT2D eigenvalue weighted by molar-refractivity contribution is -0.141. The van der Waals surface area contributed by atoms with Crippen LogP contribution >= 0.6 is 0 Å². The number of nitrogens with zero attached hydrogens (tertiary/aromatic N) is 2. The topological polar surface area (TPSA) is 81.2 Å². The molecule has 0 radical (unpaired) electrons. The molecule has 2 aliphatic carbocycles. The number of nitrogens with one attached hydrogen (secondary N) is 2. The molecule has 218 valence electrons. The van der Waals surface area contributed by atoms with Gasteiger partial charge in [0.1, 0.15) is 6.04 Å². The zero-order chi connectivity index (χ0) is 28.0. The van der Waals surface area contributed by atoms with E-state index in [4.69, 9.17) is 5.10 Å². The standard InChI is InChI=1S/C35H46N4O2/c40-35(41)34(28-14-8-3-9-15-28)36-30-21-29(32(22-30)26-12-6-2-7-13-26)24-39-18-16-27(17-19-39)33-23-31(37-38-33)20-25-10-4-1-5-11-25/h1-2,4-7,10-13,23,27-30,32,34,36H,3,8-9,14-22,24H2,(H,37,38)(H,40,41). The second-order valence-electron chi connectivity index (χ2n) is 12.9. The molecule has 0 spiro atoms. The zero-order valence-corrected chi connectivity index (χ0v) is 24.3. The molecule has 4 atom stereocenters. The van der Waals surface area contributed by atoms with Crippen molar-refractivity contribution in [1.29, 1.82) is 0 Å². The maximum absolute atomic E-state index is 12.3. The van der Waals surface area contributed by atoms with E-state index >= 15 is 0 Å². The first-order valence-corrected chi connectivity index (χ1v) is 16.0. The van der Waals surface area contributed by atoms with Crippen molar-refractivity contribution in [1.82, 2.24) is 20.4 Å². The van der Waals surface area contributed by atoms with Gasteiger partial charge in [0.2, 0.25) is 0 Å². The Hall–Kier alpha value is -2.96. The van der Waals surface area contributed by atoms with Crippen molar-refractivity contribution in [3.05, 3.63) is 89.2 Å². The van der Waals surface area contributed by atoms with Gasteiger partial charge in [-0.2, -0.15) is 5.10 Å². The number of likely N-dealkylation sites (tertiary alicyclic amines) is 1. The van der Waals surface area contributed by atoms with Gasteiger partial charge >= 0.3 is 5.97 Å². The summed E-state index contributed by atoms with van der Waals surface area (Å²) >= 11 is 0. The van der Waals surface area contributed by atoms with Crippen molar-refractivity contribution in [2.45, 2.75) is 88.1 Å². The average Bonchev–Trinajstić information content (AvgIpc) is 3.64. The van der Waals surface area contributed by atoms with E-state index in [1.807, 2.05) is 0 Å². The first kappa shape index (κ1) is 28.2. The number of rotatable bonds is 10. The number of aromatic amines is 1. The van der Waals surface area contributed by atoms with Gasteiger partial charge in [-0.05, 0) is 86.6 Å². The SMILES string of the molecule is O=C(O)C(NC1CC(CN2CCC(c3cc(Cc4ccccc4)[nH]n3)CC2)C(c2ccccc2)C1)C1CCCCC1. The van der Waals surface area contributed by atoms with Crippen molar-refractivity contribution in [2.75, 3.05) is 19.6 Å². The van der Waals surface area contributed by atoms with Crippen LogP contribution < -0.4 is 5.32 Å². The van der Waals surface area contributed by atoms with Crippen molar-refractivity contribution < 1.29 is 9.90 Å². The van der Waals surface area contributed by atoms with E-state index < -0.39 is 12.0 Å². The first-order chi connectivity index (χ1) is 20.1. The third-order valence-corrected chi connectivity index (χ3v) is 10.1. The van der Waals surface area contributed by atoms with Crippen LogP contribution in [0.15, 0.2) is 66.7 Å². The summed E-state index contributed by atoms with van der Waals surface area (Å²) < 4.78 is 0. The highest BCUT2D eigenvalue weighted by molar-refractivity contribution is 5.74. The van der Waals surface area contributed by atoms with Gasteiger partial charge in [-0.25, -0.2) is 0 Å². The predicted molar refractivity (Wildman–Crippen MR) is 163 cm³/mol. The van der Waals surface area contributed by atoms with Gasteiger partial charge in [0.25, 0.3) is 0 Å². The predicted octanol–water partition coefficient (Wildman–Crippen LogP) is 6.37. The minimum Gasteiger partial charge on any atom is -0.480 e. The summed E-state index contributed by atoms with van der Waals surface area (Å²) in [5.41, 5.74) is 5.12. The highest BCUT2D eigenvalue weighted by atomic mass is 16.4. The normalized spacial score (nSPS) is 25.3. The van der Waals surface area contributed by atoms with Gasteiger partial charge in [0.05, 0.1) is 5.69 Å². The fourth-order valence-corrected chi connectivity index (χ4v) is 7.94. The number of hydrogen-bond acceptors (Lipinski definition) is 4. The van der Waals surface area contributed by atoms with Gasteiger partial charge in [-0.15, -0.1) is 0 Å². The van der Waals surface area contributed by atoms with E-state index in [9.17, 15) is 9.90 Å². The van der Waals surface area contributed by atoms with E-state index in [0.29, 0.717) is 17.8 Å². The number of aromatic nitrogens is 2. The maximum atomic E-state index is 12.3. The summed E-state index contributed by atoms with van der Waals surface area (Å²) in [6.45, 7) is 3.29. The smallest absolute Gasteiger partial charge is 0.320 e. The first-order valence-electron chi connectivity index (χ1n) is 16.0. The average molecular weight is 555 g/mol. The number of carbonyl (C=O) groups is 1. The molecule has 2 aromatic carbocycles. The van der Waals surface area contributed by atoms with Crippen LogP contribution in [0.3, 0.4) is 0 Å². The molecule has 3 N–H and O–H groups in total. The molecule has 0 amide bonds. The van der Waals surface area contributed by atoms with Crippen molar-refractivity contribution >= 4 is 5.97 Å².